The molecule has 0 amide bonds. The summed E-state index contributed by atoms with van der Waals surface area (Å²) in [7, 11) is 0. The van der Waals surface area contributed by atoms with Crippen LogP contribution in [0.2, 0.25) is 0 Å². The molecule has 1 saturated heterocycles. The number of quaternary nitrogens is 1. The number of furan rings is 1. The maximum Gasteiger partial charge on any atom is 0.169 e. The smallest absolute Gasteiger partial charge is 0.169 e. The lowest BCUT2D eigenvalue weighted by Crippen LogP contribution is -3.15. The van der Waals surface area contributed by atoms with Crippen molar-refractivity contribution in [3.8, 4) is 0 Å². The molecule has 0 spiro atoms. The molecule has 2 rings (SSSR count). The molecule has 18 heavy (non-hydrogen) atoms. The van der Waals surface area contributed by atoms with E-state index in [1.54, 1.807) is 6.26 Å². The molecule has 0 unspecified atom stereocenters. The summed E-state index contributed by atoms with van der Waals surface area (Å²) in [5.41, 5.74) is 0. The average Bonchev–Trinajstić information content (AvgIpc) is 2.90. The highest BCUT2D eigenvalue weighted by atomic mass is 32.1. The molecule has 0 radical (unpaired) electrons. The van der Waals surface area contributed by atoms with Crippen LogP contribution in [0, 0.1) is 0 Å². The molecule has 3 N–H and O–H groups in total. The van der Waals surface area contributed by atoms with Crippen LogP contribution in [-0.4, -0.2) is 54.4 Å². The second-order valence-electron chi connectivity index (χ2n) is 4.45. The molecular weight excluding hydrogens is 250 g/mol. The Kier molecular flexibility index (Phi) is 4.98. The number of thiocarbonyl (C=S) groups is 1. The van der Waals surface area contributed by atoms with E-state index in [2.05, 4.69) is 10.2 Å². The first-order valence-electron chi connectivity index (χ1n) is 6.29. The Balaban J connectivity index is 1.70. The number of rotatable bonds is 4. The highest BCUT2D eigenvalue weighted by Crippen LogP contribution is 1.99. The molecule has 1 aliphatic rings. The standard InChI is InChI=1S/C12H19N3O2S/c16-8-7-14-3-5-15(6-4-14)12(18)13-10-11-2-1-9-17-11/h1-2,9,16H,3-8,10H2,(H,13,18)/p+1. The predicted molar refractivity (Wildman–Crippen MR) is 72.4 cm³/mol. The third kappa shape index (κ3) is 3.69. The van der Waals surface area contributed by atoms with Gasteiger partial charge in [-0.1, -0.05) is 0 Å². The largest absolute Gasteiger partial charge is 0.467 e. The first-order valence-corrected chi connectivity index (χ1v) is 6.70. The maximum atomic E-state index is 8.90. The van der Waals surface area contributed by atoms with Gasteiger partial charge in [-0.15, -0.1) is 0 Å². The monoisotopic (exact) mass is 270 g/mol. The number of nitrogens with one attached hydrogen (secondary N) is 2. The van der Waals surface area contributed by atoms with Crippen molar-refractivity contribution < 1.29 is 14.4 Å². The van der Waals surface area contributed by atoms with Gasteiger partial charge in [0.25, 0.3) is 0 Å². The minimum absolute atomic E-state index is 0.260. The summed E-state index contributed by atoms with van der Waals surface area (Å²) in [6, 6.07) is 3.80. The van der Waals surface area contributed by atoms with Crippen molar-refractivity contribution in [1.29, 1.82) is 0 Å². The van der Waals surface area contributed by atoms with Gasteiger partial charge in [-0.2, -0.15) is 0 Å². The van der Waals surface area contributed by atoms with Crippen molar-refractivity contribution in [3.63, 3.8) is 0 Å². The van der Waals surface area contributed by atoms with Crippen LogP contribution in [-0.2, 0) is 6.54 Å². The number of aliphatic hydroxyl groups is 1. The van der Waals surface area contributed by atoms with Crippen LogP contribution in [0.25, 0.3) is 0 Å². The van der Waals surface area contributed by atoms with E-state index in [1.165, 1.54) is 4.90 Å². The van der Waals surface area contributed by atoms with Crippen LogP contribution >= 0.6 is 12.2 Å². The lowest BCUT2D eigenvalue weighted by molar-refractivity contribution is -0.904. The highest BCUT2D eigenvalue weighted by molar-refractivity contribution is 7.80. The van der Waals surface area contributed by atoms with Gasteiger partial charge in [0, 0.05) is 0 Å². The molecule has 0 saturated carbocycles. The molecule has 1 aliphatic heterocycles. The molecule has 5 nitrogen and oxygen atoms in total. The molecule has 0 atom stereocenters. The fraction of sp³-hybridized carbons (Fsp3) is 0.583. The molecule has 1 aromatic heterocycles. The first-order chi connectivity index (χ1) is 8.79. The molecule has 1 fully saturated rings. The predicted octanol–water partition coefficient (Wildman–Crippen LogP) is -1.15. The summed E-state index contributed by atoms with van der Waals surface area (Å²) in [4.78, 5) is 3.63. The number of hydrogen-bond acceptors (Lipinski definition) is 3. The van der Waals surface area contributed by atoms with E-state index in [0.29, 0.717) is 6.54 Å². The Morgan fingerprint density at radius 3 is 2.89 bits per heavy atom. The summed E-state index contributed by atoms with van der Waals surface area (Å²) in [6.07, 6.45) is 1.66. The van der Waals surface area contributed by atoms with Gasteiger partial charge in [0.1, 0.15) is 12.3 Å². The Morgan fingerprint density at radius 2 is 2.28 bits per heavy atom. The minimum atomic E-state index is 0.260. The zero-order chi connectivity index (χ0) is 12.8. The van der Waals surface area contributed by atoms with E-state index >= 15 is 0 Å². The molecule has 0 bridgehead atoms. The summed E-state index contributed by atoms with van der Waals surface area (Å²) >= 11 is 5.36. The van der Waals surface area contributed by atoms with Crippen LogP contribution in [0.4, 0.5) is 0 Å². The lowest BCUT2D eigenvalue weighted by Gasteiger charge is -2.33. The van der Waals surface area contributed by atoms with Crippen LogP contribution in [0.1, 0.15) is 5.76 Å². The van der Waals surface area contributed by atoms with Gasteiger partial charge in [0.2, 0.25) is 0 Å². The van der Waals surface area contributed by atoms with Crippen molar-refractivity contribution >= 4 is 17.3 Å². The zero-order valence-electron chi connectivity index (χ0n) is 10.4. The first kappa shape index (κ1) is 13.3. The van der Waals surface area contributed by atoms with Crippen LogP contribution in [0.15, 0.2) is 22.8 Å². The molecule has 2 heterocycles. The molecular formula is C12H20N3O2S+. The number of aliphatic hydroxyl groups excluding tert-OH is 1. The number of nitrogens with zero attached hydrogens (tertiary/aromatic N) is 1. The van der Waals surface area contributed by atoms with Gasteiger partial charge in [-0.05, 0) is 24.4 Å². The summed E-state index contributed by atoms with van der Waals surface area (Å²) in [6.45, 7) is 5.68. The van der Waals surface area contributed by atoms with E-state index in [-0.39, 0.29) is 6.61 Å². The van der Waals surface area contributed by atoms with E-state index in [4.69, 9.17) is 21.7 Å². The second-order valence-corrected chi connectivity index (χ2v) is 4.84. The van der Waals surface area contributed by atoms with Crippen LogP contribution in [0.3, 0.4) is 0 Å². The number of piperazine rings is 1. The van der Waals surface area contributed by atoms with E-state index in [0.717, 1.165) is 43.6 Å². The number of hydrogen-bond donors (Lipinski definition) is 3. The molecule has 6 heteroatoms. The fourth-order valence-electron chi connectivity index (χ4n) is 2.12. The highest BCUT2D eigenvalue weighted by Gasteiger charge is 2.20. The summed E-state index contributed by atoms with van der Waals surface area (Å²) in [5.74, 6) is 0.891. The van der Waals surface area contributed by atoms with Crippen LogP contribution < -0.4 is 10.2 Å². The topological polar surface area (TPSA) is 53.1 Å². The van der Waals surface area contributed by atoms with Crippen molar-refractivity contribution in [2.24, 2.45) is 0 Å². The van der Waals surface area contributed by atoms with E-state index in [9.17, 15) is 0 Å². The minimum Gasteiger partial charge on any atom is -0.467 e. The Labute approximate surface area is 112 Å². The Hall–Kier alpha value is -1.11. The van der Waals surface area contributed by atoms with Gasteiger partial charge in [-0.25, -0.2) is 0 Å². The second kappa shape index (κ2) is 6.72. The van der Waals surface area contributed by atoms with Gasteiger partial charge >= 0.3 is 0 Å². The quantitative estimate of drug-likeness (QED) is 0.603. The van der Waals surface area contributed by atoms with Crippen molar-refractivity contribution in [1.82, 2.24) is 10.2 Å². The molecule has 0 aromatic carbocycles. The summed E-state index contributed by atoms with van der Waals surface area (Å²) < 4.78 is 5.25. The molecule has 100 valence electrons. The third-order valence-corrected chi connectivity index (χ3v) is 3.62. The van der Waals surface area contributed by atoms with Crippen LogP contribution in [0.5, 0.6) is 0 Å². The van der Waals surface area contributed by atoms with Gasteiger partial charge in [-0.3, -0.25) is 0 Å². The Bertz CT molecular complexity index is 361. The normalized spacial score (nSPS) is 16.8. The van der Waals surface area contributed by atoms with Crippen molar-refractivity contribution in [2.75, 3.05) is 39.3 Å². The zero-order valence-corrected chi connectivity index (χ0v) is 11.2. The Morgan fingerprint density at radius 1 is 1.50 bits per heavy atom. The third-order valence-electron chi connectivity index (χ3n) is 3.22. The van der Waals surface area contributed by atoms with Gasteiger partial charge in [0.15, 0.2) is 5.11 Å². The average molecular weight is 270 g/mol. The lowest BCUT2D eigenvalue weighted by atomic mass is 10.3. The SMILES string of the molecule is OCC[NH+]1CCN(C(=S)NCc2ccco2)CC1. The molecule has 0 aliphatic carbocycles. The van der Waals surface area contributed by atoms with Crippen molar-refractivity contribution in [3.05, 3.63) is 24.2 Å². The van der Waals surface area contributed by atoms with Crippen molar-refractivity contribution in [2.45, 2.75) is 6.54 Å². The van der Waals surface area contributed by atoms with E-state index in [1.807, 2.05) is 12.1 Å². The summed E-state index contributed by atoms with van der Waals surface area (Å²) in [5, 5.41) is 12.9. The van der Waals surface area contributed by atoms with E-state index < -0.39 is 0 Å². The van der Waals surface area contributed by atoms with Gasteiger partial charge < -0.3 is 24.6 Å². The molecule has 1 aromatic rings. The van der Waals surface area contributed by atoms with Gasteiger partial charge in [0.05, 0.1) is 45.6 Å². The maximum absolute atomic E-state index is 8.90. The fourth-order valence-corrected chi connectivity index (χ4v) is 2.38.